The van der Waals surface area contributed by atoms with Gasteiger partial charge in [-0.05, 0) is 17.7 Å². The van der Waals surface area contributed by atoms with Gasteiger partial charge in [-0.2, -0.15) is 0 Å². The molecule has 1 aromatic carbocycles. The molecule has 0 aliphatic rings. The van der Waals surface area contributed by atoms with Gasteiger partial charge in [-0.15, -0.1) is 0 Å². The van der Waals surface area contributed by atoms with Crippen LogP contribution >= 0.6 is 0 Å². The molecule has 0 aliphatic carbocycles. The van der Waals surface area contributed by atoms with Gasteiger partial charge in [-0.1, -0.05) is 12.1 Å². The molecule has 0 amide bonds. The maximum Gasteiger partial charge on any atom is 0.107 e. The Morgan fingerprint density at radius 1 is 1.53 bits per heavy atom. The highest BCUT2D eigenvalue weighted by molar-refractivity contribution is 5.80. The number of aliphatic hydroxyl groups excluding tert-OH is 1. The maximum atomic E-state index is 9.94. The first-order valence-corrected chi connectivity index (χ1v) is 4.56. The third-order valence-electron chi connectivity index (χ3n) is 2.01. The number of hydrogen-bond acceptors (Lipinski definition) is 4. The molecular formula is C11H15N3O. The van der Waals surface area contributed by atoms with Crippen molar-refractivity contribution in [3.8, 4) is 0 Å². The molecule has 4 nitrogen and oxygen atoms in total. The normalized spacial score (nSPS) is 14.4. The molecule has 80 valence electrons. The van der Waals surface area contributed by atoms with E-state index in [4.69, 9.17) is 11.5 Å². The number of aliphatic hydroxyl groups is 1. The van der Waals surface area contributed by atoms with Crippen LogP contribution in [-0.2, 0) is 0 Å². The van der Waals surface area contributed by atoms with Crippen molar-refractivity contribution in [3.05, 3.63) is 41.6 Å². The van der Waals surface area contributed by atoms with Gasteiger partial charge in [0, 0.05) is 30.7 Å². The summed E-state index contributed by atoms with van der Waals surface area (Å²) in [6.45, 7) is 0. The monoisotopic (exact) mass is 205 g/mol. The van der Waals surface area contributed by atoms with Gasteiger partial charge < -0.3 is 16.6 Å². The van der Waals surface area contributed by atoms with Crippen LogP contribution in [-0.4, -0.2) is 18.4 Å². The van der Waals surface area contributed by atoms with Crippen LogP contribution in [0, 0.1) is 0 Å². The van der Waals surface area contributed by atoms with Crippen molar-refractivity contribution in [2.75, 3.05) is 12.8 Å². The minimum absolute atomic E-state index is 0.545. The number of nitrogens with zero attached hydrogens (tertiary/aromatic N) is 1. The van der Waals surface area contributed by atoms with Crippen LogP contribution in [0.1, 0.15) is 11.7 Å². The number of benzene rings is 1. The minimum atomic E-state index is -0.790. The number of hydrogen-bond donors (Lipinski definition) is 3. The summed E-state index contributed by atoms with van der Waals surface area (Å²) in [6.07, 6.45) is 2.07. The number of nitrogen functional groups attached to an aromatic ring is 1. The van der Waals surface area contributed by atoms with Gasteiger partial charge in [0.2, 0.25) is 0 Å². The number of nitrogens with two attached hydrogens (primary N) is 2. The van der Waals surface area contributed by atoms with Gasteiger partial charge in [-0.3, -0.25) is 4.99 Å². The van der Waals surface area contributed by atoms with E-state index < -0.39 is 6.10 Å². The van der Waals surface area contributed by atoms with E-state index in [1.165, 1.54) is 12.4 Å². The highest BCUT2D eigenvalue weighted by atomic mass is 16.3. The van der Waals surface area contributed by atoms with E-state index in [9.17, 15) is 5.11 Å². The molecule has 0 saturated heterocycles. The van der Waals surface area contributed by atoms with Crippen molar-refractivity contribution in [2.45, 2.75) is 6.10 Å². The van der Waals surface area contributed by atoms with Crippen molar-refractivity contribution in [3.63, 3.8) is 0 Å². The van der Waals surface area contributed by atoms with E-state index in [1.807, 2.05) is 0 Å². The Morgan fingerprint density at radius 2 is 2.27 bits per heavy atom. The first-order chi connectivity index (χ1) is 7.19. The van der Waals surface area contributed by atoms with Crippen LogP contribution in [0.15, 0.2) is 41.0 Å². The third-order valence-corrected chi connectivity index (χ3v) is 2.01. The lowest BCUT2D eigenvalue weighted by atomic mass is 10.0. The second kappa shape index (κ2) is 5.17. The van der Waals surface area contributed by atoms with Gasteiger partial charge in [-0.25, -0.2) is 0 Å². The summed E-state index contributed by atoms with van der Waals surface area (Å²) in [4.78, 5) is 3.81. The molecule has 5 N–H and O–H groups in total. The summed E-state index contributed by atoms with van der Waals surface area (Å²) in [7, 11) is 1.62. The van der Waals surface area contributed by atoms with Crippen LogP contribution in [0.25, 0.3) is 0 Å². The number of aliphatic imine (C=N–C) groups is 1. The summed E-state index contributed by atoms with van der Waals surface area (Å²) in [5.74, 6) is 0. The molecule has 0 heterocycles. The zero-order valence-electron chi connectivity index (χ0n) is 8.59. The molecule has 1 aromatic rings. The lowest BCUT2D eigenvalue weighted by Gasteiger charge is -2.11. The van der Waals surface area contributed by atoms with E-state index in [-0.39, 0.29) is 0 Å². The average Bonchev–Trinajstić information content (AvgIpc) is 2.25. The number of rotatable bonds is 3. The first-order valence-electron chi connectivity index (χ1n) is 4.56. The molecule has 0 fully saturated rings. The van der Waals surface area contributed by atoms with E-state index in [1.54, 1.807) is 31.3 Å². The molecule has 0 aromatic heterocycles. The smallest absolute Gasteiger partial charge is 0.107 e. The highest BCUT2D eigenvalue weighted by Gasteiger charge is 2.11. The predicted molar refractivity (Wildman–Crippen MR) is 62.5 cm³/mol. The highest BCUT2D eigenvalue weighted by Crippen LogP contribution is 2.21. The summed E-state index contributed by atoms with van der Waals surface area (Å²) in [5.41, 5.74) is 12.9. The fraction of sp³-hybridized carbons (Fsp3) is 0.182. The van der Waals surface area contributed by atoms with E-state index in [0.29, 0.717) is 16.8 Å². The Labute approximate surface area is 88.9 Å². The van der Waals surface area contributed by atoms with Gasteiger partial charge in [0.25, 0.3) is 0 Å². The fourth-order valence-electron chi connectivity index (χ4n) is 1.28. The second-order valence-electron chi connectivity index (χ2n) is 3.13. The Kier molecular flexibility index (Phi) is 3.88. The predicted octanol–water partition coefficient (Wildman–Crippen LogP) is 0.845. The zero-order valence-corrected chi connectivity index (χ0v) is 8.59. The molecule has 0 saturated carbocycles. The van der Waals surface area contributed by atoms with E-state index >= 15 is 0 Å². The van der Waals surface area contributed by atoms with Gasteiger partial charge >= 0.3 is 0 Å². The standard InChI is InChI=1S/C11H15N3O/c1-14-7-9(6-12)11(15)8-3-2-4-10(13)5-8/h2-7,11,15H,12-13H2,1H3. The van der Waals surface area contributed by atoms with Crippen LogP contribution in [0.4, 0.5) is 5.69 Å². The van der Waals surface area contributed by atoms with Crippen LogP contribution < -0.4 is 11.5 Å². The van der Waals surface area contributed by atoms with Crippen molar-refractivity contribution in [2.24, 2.45) is 10.7 Å². The van der Waals surface area contributed by atoms with Gasteiger partial charge in [0.15, 0.2) is 0 Å². The molecule has 0 spiro atoms. The molecule has 1 rings (SSSR count). The zero-order chi connectivity index (χ0) is 11.3. The van der Waals surface area contributed by atoms with Crippen LogP contribution in [0.5, 0.6) is 0 Å². The topological polar surface area (TPSA) is 84.6 Å². The second-order valence-corrected chi connectivity index (χ2v) is 3.13. The molecule has 0 aliphatic heterocycles. The Hall–Kier alpha value is -1.81. The first kappa shape index (κ1) is 11.3. The Balaban J connectivity index is 2.98. The quantitative estimate of drug-likeness (QED) is 0.505. The molecule has 15 heavy (non-hydrogen) atoms. The van der Waals surface area contributed by atoms with Crippen molar-refractivity contribution in [1.29, 1.82) is 0 Å². The summed E-state index contributed by atoms with van der Waals surface area (Å²) in [5, 5.41) is 9.94. The summed E-state index contributed by atoms with van der Waals surface area (Å²) < 4.78 is 0. The van der Waals surface area contributed by atoms with E-state index in [2.05, 4.69) is 4.99 Å². The molecule has 1 atom stereocenters. The fourth-order valence-corrected chi connectivity index (χ4v) is 1.28. The number of anilines is 1. The SMILES string of the molecule is CN=CC(=CN)C(O)c1cccc(N)c1. The molecular weight excluding hydrogens is 190 g/mol. The molecule has 0 bridgehead atoms. The minimum Gasteiger partial charge on any atom is -0.404 e. The summed E-state index contributed by atoms with van der Waals surface area (Å²) in [6, 6.07) is 7.03. The van der Waals surface area contributed by atoms with E-state index in [0.717, 1.165) is 0 Å². The van der Waals surface area contributed by atoms with Crippen molar-refractivity contribution < 1.29 is 5.11 Å². The van der Waals surface area contributed by atoms with Crippen LogP contribution in [0.2, 0.25) is 0 Å². The molecule has 0 radical (unpaired) electrons. The largest absolute Gasteiger partial charge is 0.404 e. The molecule has 1 unspecified atom stereocenters. The summed E-state index contributed by atoms with van der Waals surface area (Å²) >= 11 is 0. The lowest BCUT2D eigenvalue weighted by molar-refractivity contribution is 0.222. The maximum absolute atomic E-state index is 9.94. The van der Waals surface area contributed by atoms with Crippen molar-refractivity contribution >= 4 is 11.9 Å². The van der Waals surface area contributed by atoms with Gasteiger partial charge in [0.05, 0.1) is 0 Å². The Bertz CT molecular complexity index is 385. The van der Waals surface area contributed by atoms with Gasteiger partial charge in [0.1, 0.15) is 6.10 Å². The van der Waals surface area contributed by atoms with Crippen molar-refractivity contribution in [1.82, 2.24) is 0 Å². The van der Waals surface area contributed by atoms with Crippen LogP contribution in [0.3, 0.4) is 0 Å². The Morgan fingerprint density at radius 3 is 2.80 bits per heavy atom. The third kappa shape index (κ3) is 2.82. The lowest BCUT2D eigenvalue weighted by Crippen LogP contribution is -2.05. The molecule has 4 heteroatoms. The average molecular weight is 205 g/mol.